The summed E-state index contributed by atoms with van der Waals surface area (Å²) >= 11 is 1.29. The second kappa shape index (κ2) is 10.4. The third-order valence-electron chi connectivity index (χ3n) is 5.18. The summed E-state index contributed by atoms with van der Waals surface area (Å²) in [5.41, 5.74) is 0.745. The molecule has 1 aliphatic heterocycles. The molecule has 4 rings (SSSR count). The Balaban J connectivity index is 1.49. The molecular formula is C22H25N5O5S. The topological polar surface area (TPSA) is 103 Å². The van der Waals surface area contributed by atoms with Gasteiger partial charge >= 0.3 is 6.09 Å². The zero-order valence-electron chi connectivity index (χ0n) is 18.5. The van der Waals surface area contributed by atoms with E-state index >= 15 is 0 Å². The lowest BCUT2D eigenvalue weighted by molar-refractivity contribution is -0.129. The van der Waals surface area contributed by atoms with E-state index in [0.29, 0.717) is 55.3 Å². The zero-order valence-corrected chi connectivity index (χ0v) is 19.3. The number of hydrogen-bond donors (Lipinski definition) is 0. The second-order valence-corrected chi connectivity index (χ2v) is 8.09. The number of furan rings is 1. The normalized spacial score (nSPS) is 13.8. The lowest BCUT2D eigenvalue weighted by Crippen LogP contribution is -2.51. The largest absolute Gasteiger partial charge is 0.495 e. The van der Waals surface area contributed by atoms with Crippen molar-refractivity contribution in [1.82, 2.24) is 24.6 Å². The van der Waals surface area contributed by atoms with Crippen LogP contribution in [0.2, 0.25) is 0 Å². The van der Waals surface area contributed by atoms with Gasteiger partial charge in [-0.2, -0.15) is 0 Å². The Morgan fingerprint density at radius 1 is 1.06 bits per heavy atom. The number of aromatic nitrogens is 3. The minimum absolute atomic E-state index is 0.0300. The van der Waals surface area contributed by atoms with Crippen molar-refractivity contribution in [3.8, 4) is 23.0 Å². The summed E-state index contributed by atoms with van der Waals surface area (Å²) in [5.74, 6) is 1.88. The maximum absolute atomic E-state index is 12.8. The number of para-hydroxylation sites is 2. The van der Waals surface area contributed by atoms with E-state index in [9.17, 15) is 9.59 Å². The van der Waals surface area contributed by atoms with Gasteiger partial charge in [0.05, 0.1) is 31.4 Å². The Morgan fingerprint density at radius 2 is 1.82 bits per heavy atom. The van der Waals surface area contributed by atoms with Gasteiger partial charge in [0.15, 0.2) is 10.9 Å². The predicted octanol–water partition coefficient (Wildman–Crippen LogP) is 2.93. The second-order valence-electron chi connectivity index (χ2n) is 7.15. The van der Waals surface area contributed by atoms with Crippen LogP contribution in [0.25, 0.3) is 17.3 Å². The molecule has 1 fully saturated rings. The van der Waals surface area contributed by atoms with Crippen LogP contribution in [0, 0.1) is 0 Å². The predicted molar refractivity (Wildman–Crippen MR) is 122 cm³/mol. The first-order chi connectivity index (χ1) is 16.1. The van der Waals surface area contributed by atoms with Gasteiger partial charge in [-0.05, 0) is 31.2 Å². The van der Waals surface area contributed by atoms with Crippen LogP contribution >= 0.6 is 11.8 Å². The highest BCUT2D eigenvalue weighted by atomic mass is 32.2. The smallest absolute Gasteiger partial charge is 0.409 e. The van der Waals surface area contributed by atoms with Crippen LogP contribution in [0.15, 0.2) is 52.2 Å². The number of carbonyl (C=O) groups excluding carboxylic acids is 2. The molecule has 0 saturated carbocycles. The summed E-state index contributed by atoms with van der Waals surface area (Å²) in [5, 5.41) is 9.17. The molecule has 11 heteroatoms. The van der Waals surface area contributed by atoms with Gasteiger partial charge in [0.2, 0.25) is 11.7 Å². The van der Waals surface area contributed by atoms with Gasteiger partial charge in [-0.1, -0.05) is 23.9 Å². The molecule has 3 aromatic rings. The van der Waals surface area contributed by atoms with Gasteiger partial charge in [0.25, 0.3) is 0 Å². The maximum Gasteiger partial charge on any atom is 0.409 e. The van der Waals surface area contributed by atoms with Crippen LogP contribution in [0.4, 0.5) is 4.79 Å². The molecule has 1 aliphatic rings. The fourth-order valence-electron chi connectivity index (χ4n) is 3.53. The number of ether oxygens (including phenoxy) is 2. The van der Waals surface area contributed by atoms with Crippen molar-refractivity contribution in [1.29, 1.82) is 0 Å². The molecule has 0 N–H and O–H groups in total. The molecule has 0 bridgehead atoms. The van der Waals surface area contributed by atoms with E-state index in [4.69, 9.17) is 13.9 Å². The van der Waals surface area contributed by atoms with Crippen LogP contribution < -0.4 is 4.74 Å². The Bertz CT molecular complexity index is 1090. The third-order valence-corrected chi connectivity index (χ3v) is 6.10. The van der Waals surface area contributed by atoms with Crippen LogP contribution in [0.5, 0.6) is 5.75 Å². The van der Waals surface area contributed by atoms with E-state index in [-0.39, 0.29) is 17.8 Å². The summed E-state index contributed by atoms with van der Waals surface area (Å²) in [6, 6.07) is 11.1. The molecule has 0 aliphatic carbocycles. The van der Waals surface area contributed by atoms with Crippen LogP contribution in [-0.2, 0) is 9.53 Å². The van der Waals surface area contributed by atoms with E-state index in [2.05, 4.69) is 10.2 Å². The summed E-state index contributed by atoms with van der Waals surface area (Å²) in [6.07, 6.45) is 1.23. The number of thioether (sulfide) groups is 1. The molecule has 0 atom stereocenters. The van der Waals surface area contributed by atoms with Crippen molar-refractivity contribution in [2.24, 2.45) is 0 Å². The number of rotatable bonds is 7. The highest BCUT2D eigenvalue weighted by molar-refractivity contribution is 7.99. The standard InChI is InChI=1S/C22H25N5O5S/c1-3-31-22(29)26-12-10-25(11-13-26)19(28)15-33-21-24-23-20(18-9-6-14-32-18)27(21)16-7-4-5-8-17(16)30-2/h4-9,14H,3,10-13,15H2,1-2H3. The summed E-state index contributed by atoms with van der Waals surface area (Å²) < 4.78 is 17.9. The minimum Gasteiger partial charge on any atom is -0.495 e. The quantitative estimate of drug-likeness (QED) is 0.485. The highest BCUT2D eigenvalue weighted by Gasteiger charge is 2.26. The lowest BCUT2D eigenvalue weighted by atomic mass is 10.3. The third kappa shape index (κ3) is 4.98. The molecule has 0 spiro atoms. The Labute approximate surface area is 195 Å². The van der Waals surface area contributed by atoms with E-state index in [0.717, 1.165) is 5.69 Å². The first-order valence-electron chi connectivity index (χ1n) is 10.6. The van der Waals surface area contributed by atoms with Gasteiger partial charge in [-0.3, -0.25) is 9.36 Å². The summed E-state index contributed by atoms with van der Waals surface area (Å²) in [6.45, 7) is 3.95. The molecule has 3 heterocycles. The number of methoxy groups -OCH3 is 1. The van der Waals surface area contributed by atoms with E-state index in [1.54, 1.807) is 42.2 Å². The molecule has 0 unspecified atom stereocenters. The number of carbonyl (C=O) groups is 2. The zero-order chi connectivity index (χ0) is 23.2. The lowest BCUT2D eigenvalue weighted by Gasteiger charge is -2.34. The molecular weight excluding hydrogens is 446 g/mol. The van der Waals surface area contributed by atoms with Crippen molar-refractivity contribution in [3.63, 3.8) is 0 Å². The number of piperazine rings is 1. The van der Waals surface area contributed by atoms with Gasteiger partial charge in [0.1, 0.15) is 5.75 Å². The van der Waals surface area contributed by atoms with Gasteiger partial charge in [0, 0.05) is 26.2 Å². The average Bonchev–Trinajstić information content (AvgIpc) is 3.52. The van der Waals surface area contributed by atoms with Gasteiger partial charge in [-0.15, -0.1) is 10.2 Å². The van der Waals surface area contributed by atoms with Crippen molar-refractivity contribution in [2.75, 3.05) is 45.6 Å². The number of amides is 2. The first-order valence-corrected chi connectivity index (χ1v) is 11.6. The molecule has 174 valence electrons. The molecule has 1 aromatic carbocycles. The van der Waals surface area contributed by atoms with Crippen LogP contribution in [0.1, 0.15) is 6.92 Å². The molecule has 1 saturated heterocycles. The van der Waals surface area contributed by atoms with Crippen molar-refractivity contribution < 1.29 is 23.5 Å². The van der Waals surface area contributed by atoms with E-state index < -0.39 is 0 Å². The Kier molecular flexibility index (Phi) is 7.18. The van der Waals surface area contributed by atoms with E-state index in [1.165, 1.54) is 11.8 Å². The Hall–Kier alpha value is -3.47. The van der Waals surface area contributed by atoms with Crippen molar-refractivity contribution >= 4 is 23.8 Å². The van der Waals surface area contributed by atoms with Gasteiger partial charge in [-0.25, -0.2) is 4.79 Å². The van der Waals surface area contributed by atoms with E-state index in [1.807, 2.05) is 28.8 Å². The maximum atomic E-state index is 12.8. The van der Waals surface area contributed by atoms with Crippen molar-refractivity contribution in [3.05, 3.63) is 42.7 Å². The molecule has 2 amide bonds. The van der Waals surface area contributed by atoms with Crippen LogP contribution in [0.3, 0.4) is 0 Å². The fourth-order valence-corrected chi connectivity index (χ4v) is 4.38. The number of benzene rings is 1. The highest BCUT2D eigenvalue weighted by Crippen LogP contribution is 2.32. The number of hydrogen-bond acceptors (Lipinski definition) is 8. The fraction of sp³-hybridized carbons (Fsp3) is 0.364. The molecule has 0 radical (unpaired) electrons. The molecule has 2 aromatic heterocycles. The Morgan fingerprint density at radius 3 is 2.52 bits per heavy atom. The SMILES string of the molecule is CCOC(=O)N1CCN(C(=O)CSc2nnc(-c3ccco3)n2-c2ccccc2OC)CC1. The summed E-state index contributed by atoms with van der Waals surface area (Å²) in [7, 11) is 1.60. The average molecular weight is 472 g/mol. The molecule has 33 heavy (non-hydrogen) atoms. The molecule has 10 nitrogen and oxygen atoms in total. The van der Waals surface area contributed by atoms with Crippen molar-refractivity contribution in [2.45, 2.75) is 12.1 Å². The minimum atomic E-state index is -0.339. The monoisotopic (exact) mass is 471 g/mol. The summed E-state index contributed by atoms with van der Waals surface area (Å²) in [4.78, 5) is 28.1. The number of nitrogens with zero attached hydrogens (tertiary/aromatic N) is 5. The first kappa shape index (κ1) is 22.7. The van der Waals surface area contributed by atoms with Crippen LogP contribution in [-0.4, -0.2) is 82.2 Å². The van der Waals surface area contributed by atoms with Gasteiger partial charge < -0.3 is 23.7 Å².